The molecule has 2 aliphatic heterocycles. The smallest absolute Gasteiger partial charge is 0.271 e. The standard InChI is InChI=1S/C22H23ClF2N4O5S/c23-15-4-2-14(3-5-15)13-26-20(30)17-12-16(19(24)25)18-22(32)27(8-10-29(18)21(17)31)7-9-28-6-1-11-35(28,33)34/h2-5,12,19H,1,6-11,13H2,(H,26,30). The van der Waals surface area contributed by atoms with E-state index in [1.807, 2.05) is 0 Å². The van der Waals surface area contributed by atoms with Crippen LogP contribution in [0, 0.1) is 0 Å². The molecule has 13 heteroatoms. The van der Waals surface area contributed by atoms with Crippen LogP contribution in [-0.2, 0) is 23.1 Å². The third-order valence-corrected chi connectivity index (χ3v) is 8.28. The number of hydrogen-bond donors (Lipinski definition) is 1. The second-order valence-corrected chi connectivity index (χ2v) is 10.8. The molecule has 0 atom stereocenters. The Morgan fingerprint density at radius 1 is 1.09 bits per heavy atom. The minimum Gasteiger partial charge on any atom is -0.348 e. The summed E-state index contributed by atoms with van der Waals surface area (Å²) in [6.45, 7) is 0.388. The highest BCUT2D eigenvalue weighted by Gasteiger charge is 2.34. The van der Waals surface area contributed by atoms with Gasteiger partial charge in [-0.2, -0.15) is 0 Å². The maximum absolute atomic E-state index is 13.9. The molecule has 0 radical (unpaired) electrons. The van der Waals surface area contributed by atoms with Crippen LogP contribution in [0.5, 0.6) is 0 Å². The molecule has 0 aliphatic carbocycles. The number of amides is 2. The van der Waals surface area contributed by atoms with E-state index in [9.17, 15) is 31.6 Å². The zero-order valence-corrected chi connectivity index (χ0v) is 20.1. The summed E-state index contributed by atoms with van der Waals surface area (Å²) < 4.78 is 54.0. The van der Waals surface area contributed by atoms with Crippen molar-refractivity contribution in [3.8, 4) is 0 Å². The number of aromatic nitrogens is 1. The molecule has 1 aromatic heterocycles. The molecule has 0 bridgehead atoms. The Balaban J connectivity index is 1.56. The fraction of sp³-hybridized carbons (Fsp3) is 0.409. The molecule has 1 saturated heterocycles. The largest absolute Gasteiger partial charge is 0.348 e. The predicted octanol–water partition coefficient (Wildman–Crippen LogP) is 1.86. The monoisotopic (exact) mass is 528 g/mol. The van der Waals surface area contributed by atoms with E-state index in [0.29, 0.717) is 23.6 Å². The number of nitrogens with one attached hydrogen (secondary N) is 1. The number of fused-ring (bicyclic) bond motifs is 1. The Hall–Kier alpha value is -2.83. The highest BCUT2D eigenvalue weighted by molar-refractivity contribution is 7.89. The number of benzene rings is 1. The molecule has 2 aromatic rings. The van der Waals surface area contributed by atoms with Crippen LogP contribution < -0.4 is 10.9 Å². The van der Waals surface area contributed by atoms with Crippen LogP contribution in [0.1, 0.15) is 44.8 Å². The lowest BCUT2D eigenvalue weighted by Gasteiger charge is -2.32. The second kappa shape index (κ2) is 10.0. The Bertz CT molecular complexity index is 1310. The first-order valence-electron chi connectivity index (χ1n) is 10.9. The van der Waals surface area contributed by atoms with E-state index in [4.69, 9.17) is 11.6 Å². The molecule has 0 saturated carbocycles. The number of nitrogens with zero attached hydrogens (tertiary/aromatic N) is 3. The number of sulfonamides is 1. The number of carbonyl (C=O) groups is 2. The van der Waals surface area contributed by atoms with Gasteiger partial charge in [-0.25, -0.2) is 21.5 Å². The molecule has 1 aromatic carbocycles. The molecule has 1 fully saturated rings. The first-order valence-corrected chi connectivity index (χ1v) is 12.9. The van der Waals surface area contributed by atoms with Crippen LogP contribution in [0.4, 0.5) is 8.78 Å². The molecule has 3 heterocycles. The summed E-state index contributed by atoms with van der Waals surface area (Å²) in [5.74, 6) is -1.60. The molecule has 35 heavy (non-hydrogen) atoms. The number of hydrogen-bond acceptors (Lipinski definition) is 5. The van der Waals surface area contributed by atoms with Crippen molar-refractivity contribution < 1.29 is 26.8 Å². The van der Waals surface area contributed by atoms with Gasteiger partial charge in [0.2, 0.25) is 10.0 Å². The van der Waals surface area contributed by atoms with Crippen molar-refractivity contribution in [2.24, 2.45) is 0 Å². The fourth-order valence-electron chi connectivity index (χ4n) is 4.21. The Morgan fingerprint density at radius 3 is 2.43 bits per heavy atom. The van der Waals surface area contributed by atoms with Gasteiger partial charge in [0.15, 0.2) is 0 Å². The summed E-state index contributed by atoms with van der Waals surface area (Å²) in [7, 11) is -3.37. The highest BCUT2D eigenvalue weighted by atomic mass is 35.5. The van der Waals surface area contributed by atoms with Crippen molar-refractivity contribution in [1.29, 1.82) is 0 Å². The van der Waals surface area contributed by atoms with Gasteiger partial charge in [0.1, 0.15) is 11.3 Å². The van der Waals surface area contributed by atoms with Gasteiger partial charge >= 0.3 is 0 Å². The third kappa shape index (κ3) is 5.24. The average Bonchev–Trinajstić information content (AvgIpc) is 3.16. The number of pyridine rings is 1. The van der Waals surface area contributed by atoms with Crippen LogP contribution in [0.15, 0.2) is 35.1 Å². The number of rotatable bonds is 7. The minimum atomic E-state index is -3.37. The van der Waals surface area contributed by atoms with Gasteiger partial charge in [0.25, 0.3) is 23.8 Å². The van der Waals surface area contributed by atoms with E-state index < -0.39 is 50.6 Å². The van der Waals surface area contributed by atoms with Gasteiger partial charge in [0, 0.05) is 49.9 Å². The number of carbonyl (C=O) groups excluding carboxylic acids is 2. The topological polar surface area (TPSA) is 109 Å². The maximum atomic E-state index is 13.9. The average molecular weight is 529 g/mol. The van der Waals surface area contributed by atoms with Gasteiger partial charge in [0.05, 0.1) is 5.75 Å². The van der Waals surface area contributed by atoms with Crippen molar-refractivity contribution in [1.82, 2.24) is 19.1 Å². The Kier molecular flexibility index (Phi) is 7.25. The maximum Gasteiger partial charge on any atom is 0.271 e. The zero-order chi connectivity index (χ0) is 25.3. The van der Waals surface area contributed by atoms with Crippen molar-refractivity contribution in [2.75, 3.05) is 31.9 Å². The quantitative estimate of drug-likeness (QED) is 0.590. The van der Waals surface area contributed by atoms with Gasteiger partial charge in [-0.15, -0.1) is 0 Å². The summed E-state index contributed by atoms with van der Waals surface area (Å²) in [6, 6.07) is 7.37. The molecule has 0 unspecified atom stereocenters. The molecule has 2 amide bonds. The lowest BCUT2D eigenvalue weighted by molar-refractivity contribution is 0.0673. The summed E-state index contributed by atoms with van der Waals surface area (Å²) in [6.07, 6.45) is -2.62. The highest BCUT2D eigenvalue weighted by Crippen LogP contribution is 2.26. The van der Waals surface area contributed by atoms with Crippen molar-refractivity contribution in [2.45, 2.75) is 25.9 Å². The Labute approximate surface area is 205 Å². The van der Waals surface area contributed by atoms with Crippen LogP contribution >= 0.6 is 11.6 Å². The molecule has 1 N–H and O–H groups in total. The van der Waals surface area contributed by atoms with E-state index in [0.717, 1.165) is 10.6 Å². The van der Waals surface area contributed by atoms with Gasteiger partial charge in [-0.3, -0.25) is 14.4 Å². The summed E-state index contributed by atoms with van der Waals surface area (Å²) in [4.78, 5) is 39.9. The van der Waals surface area contributed by atoms with E-state index >= 15 is 0 Å². The summed E-state index contributed by atoms with van der Waals surface area (Å²) in [5, 5.41) is 3.04. The SMILES string of the molecule is O=C(NCc1ccc(Cl)cc1)c1cc(C(F)F)c2n(c1=O)CCN(CCN1CCCS1(=O)=O)C2=O. The molecular formula is C22H23ClF2N4O5S. The first-order chi connectivity index (χ1) is 16.6. The summed E-state index contributed by atoms with van der Waals surface area (Å²) in [5.41, 5.74) is -1.82. The van der Waals surface area contributed by atoms with Crippen LogP contribution in [0.2, 0.25) is 5.02 Å². The van der Waals surface area contributed by atoms with Crippen molar-refractivity contribution >= 4 is 33.4 Å². The van der Waals surface area contributed by atoms with E-state index in [1.54, 1.807) is 24.3 Å². The summed E-state index contributed by atoms with van der Waals surface area (Å²) >= 11 is 5.83. The van der Waals surface area contributed by atoms with E-state index in [1.165, 1.54) is 9.21 Å². The normalized spacial score (nSPS) is 17.6. The third-order valence-electron chi connectivity index (χ3n) is 6.07. The first kappa shape index (κ1) is 25.3. The van der Waals surface area contributed by atoms with Gasteiger partial charge in [-0.05, 0) is 30.2 Å². The van der Waals surface area contributed by atoms with E-state index in [2.05, 4.69) is 5.32 Å². The lowest BCUT2D eigenvalue weighted by Crippen LogP contribution is -2.49. The van der Waals surface area contributed by atoms with E-state index in [-0.39, 0.29) is 38.5 Å². The minimum absolute atomic E-state index is 0.0122. The zero-order valence-electron chi connectivity index (χ0n) is 18.5. The van der Waals surface area contributed by atoms with Crippen molar-refractivity contribution in [3.63, 3.8) is 0 Å². The second-order valence-electron chi connectivity index (χ2n) is 8.29. The van der Waals surface area contributed by atoms with Gasteiger partial charge < -0.3 is 14.8 Å². The molecule has 9 nitrogen and oxygen atoms in total. The molecule has 0 spiro atoms. The fourth-order valence-corrected chi connectivity index (χ4v) is 5.85. The van der Waals surface area contributed by atoms with Crippen LogP contribution in [-0.4, -0.2) is 65.9 Å². The van der Waals surface area contributed by atoms with Crippen LogP contribution in [0.25, 0.3) is 0 Å². The Morgan fingerprint density at radius 2 is 1.80 bits per heavy atom. The van der Waals surface area contributed by atoms with Gasteiger partial charge in [-0.1, -0.05) is 23.7 Å². The molecule has 188 valence electrons. The number of halogens is 3. The molecular weight excluding hydrogens is 506 g/mol. The van der Waals surface area contributed by atoms with Crippen LogP contribution in [0.3, 0.4) is 0 Å². The molecule has 2 aliphatic rings. The molecule has 4 rings (SSSR count). The predicted molar refractivity (Wildman–Crippen MR) is 124 cm³/mol. The lowest BCUT2D eigenvalue weighted by atomic mass is 10.1. The van der Waals surface area contributed by atoms with Crippen molar-refractivity contribution in [3.05, 3.63) is 68.1 Å². The number of alkyl halides is 2.